The molecule has 27 heavy (non-hydrogen) atoms. The molecule has 2 aromatic rings. The van der Waals surface area contributed by atoms with Crippen LogP contribution in [0.15, 0.2) is 52.0 Å². The summed E-state index contributed by atoms with van der Waals surface area (Å²) in [5, 5.41) is 11.2. The van der Waals surface area contributed by atoms with Gasteiger partial charge < -0.3 is 4.74 Å². The molecule has 3 rings (SSSR count). The summed E-state index contributed by atoms with van der Waals surface area (Å²) in [6.45, 7) is 2.63. The first-order valence-corrected chi connectivity index (χ1v) is 10.7. The van der Waals surface area contributed by atoms with Gasteiger partial charge in [0.25, 0.3) is 0 Å². The number of amides is 1. The molecular formula is C20H23N3O2S2. The number of methoxy groups -OCH3 is 1. The van der Waals surface area contributed by atoms with Crippen LogP contribution in [-0.2, 0) is 11.3 Å². The third-order valence-electron chi connectivity index (χ3n) is 4.21. The fourth-order valence-corrected chi connectivity index (χ4v) is 4.44. The van der Waals surface area contributed by atoms with Crippen LogP contribution in [0, 0.1) is 0 Å². The van der Waals surface area contributed by atoms with E-state index in [0.29, 0.717) is 11.7 Å². The van der Waals surface area contributed by atoms with Crippen LogP contribution in [0.25, 0.3) is 0 Å². The summed E-state index contributed by atoms with van der Waals surface area (Å²) < 4.78 is 5.20. The number of ether oxygens (including phenoxy) is 1. The number of thiophene rings is 1. The number of benzene rings is 1. The van der Waals surface area contributed by atoms with Gasteiger partial charge in [0.1, 0.15) is 5.75 Å². The zero-order valence-corrected chi connectivity index (χ0v) is 17.1. The number of carbonyl (C=O) groups is 1. The van der Waals surface area contributed by atoms with Gasteiger partial charge in [-0.05, 0) is 35.6 Å². The molecule has 1 fully saturated rings. The van der Waals surface area contributed by atoms with Crippen LogP contribution in [0.1, 0.15) is 36.6 Å². The first kappa shape index (κ1) is 19.6. The van der Waals surface area contributed by atoms with Crippen LogP contribution in [0.4, 0.5) is 0 Å². The second-order valence-electron chi connectivity index (χ2n) is 6.16. The van der Waals surface area contributed by atoms with Crippen molar-refractivity contribution in [1.82, 2.24) is 4.90 Å². The molecule has 0 aliphatic carbocycles. The number of hydrogen-bond acceptors (Lipinski definition) is 6. The van der Waals surface area contributed by atoms with Crippen LogP contribution in [0.3, 0.4) is 0 Å². The minimum absolute atomic E-state index is 0.0705. The number of amidine groups is 1. The quantitative estimate of drug-likeness (QED) is 0.472. The van der Waals surface area contributed by atoms with Crippen molar-refractivity contribution in [1.29, 1.82) is 0 Å². The van der Waals surface area contributed by atoms with E-state index in [9.17, 15) is 4.79 Å². The molecule has 5 nitrogen and oxygen atoms in total. The Morgan fingerprint density at radius 2 is 2.07 bits per heavy atom. The maximum Gasteiger partial charge on any atom is 0.242 e. The van der Waals surface area contributed by atoms with Gasteiger partial charge >= 0.3 is 0 Å². The Hall–Kier alpha value is -2.12. The first-order valence-electron chi connectivity index (χ1n) is 8.96. The smallest absolute Gasteiger partial charge is 0.242 e. The van der Waals surface area contributed by atoms with Gasteiger partial charge in [-0.25, -0.2) is 0 Å². The van der Waals surface area contributed by atoms with E-state index in [0.717, 1.165) is 35.5 Å². The summed E-state index contributed by atoms with van der Waals surface area (Å²) in [7, 11) is 1.64. The van der Waals surface area contributed by atoms with Crippen molar-refractivity contribution in [3.8, 4) is 5.75 Å². The van der Waals surface area contributed by atoms with Crippen LogP contribution in [-0.4, -0.2) is 34.5 Å². The fraction of sp³-hybridized carbons (Fsp3) is 0.350. The lowest BCUT2D eigenvalue weighted by Crippen LogP contribution is -2.31. The third-order valence-corrected chi connectivity index (χ3v) is 6.25. The van der Waals surface area contributed by atoms with Gasteiger partial charge in [0.05, 0.1) is 25.1 Å². The van der Waals surface area contributed by atoms with Gasteiger partial charge in [0, 0.05) is 4.88 Å². The summed E-state index contributed by atoms with van der Waals surface area (Å²) in [6.07, 6.45) is 4.71. The molecule has 1 aromatic carbocycles. The summed E-state index contributed by atoms with van der Waals surface area (Å²) in [5.41, 5.74) is 1.04. The number of carbonyl (C=O) groups excluding carboxylic acids is 1. The van der Waals surface area contributed by atoms with Crippen LogP contribution in [0.2, 0.25) is 0 Å². The minimum Gasteiger partial charge on any atom is -0.497 e. The van der Waals surface area contributed by atoms with Crippen LogP contribution in [0.5, 0.6) is 5.75 Å². The van der Waals surface area contributed by atoms with E-state index in [1.165, 1.54) is 11.8 Å². The van der Waals surface area contributed by atoms with Crippen LogP contribution < -0.4 is 4.74 Å². The van der Waals surface area contributed by atoms with E-state index >= 15 is 0 Å². The molecule has 0 unspecified atom stereocenters. The summed E-state index contributed by atoms with van der Waals surface area (Å²) in [4.78, 5) is 15.7. The first-order chi connectivity index (χ1) is 13.2. The minimum atomic E-state index is -0.0705. The summed E-state index contributed by atoms with van der Waals surface area (Å²) in [6, 6.07) is 11.7. The largest absolute Gasteiger partial charge is 0.497 e. The Labute approximate surface area is 168 Å². The standard InChI is InChI=1S/C20H23N3O2S2/c1-3-4-7-18-19(24)23(14-15-8-10-16(25-2)11-9-15)20(27-18)22-21-13-17-6-5-12-26-17/h5-6,8-13,18H,3-4,7,14H2,1-2H3/b21-13-,22-20-/t18-/m1/s1. The molecule has 1 saturated heterocycles. The van der Waals surface area contributed by atoms with Crippen molar-refractivity contribution in [3.05, 3.63) is 52.2 Å². The van der Waals surface area contributed by atoms with E-state index in [-0.39, 0.29) is 11.2 Å². The van der Waals surface area contributed by atoms with Gasteiger partial charge in [-0.3, -0.25) is 9.69 Å². The van der Waals surface area contributed by atoms with E-state index in [4.69, 9.17) is 4.74 Å². The Balaban J connectivity index is 1.77. The maximum atomic E-state index is 12.9. The normalized spacial score (nSPS) is 18.7. The summed E-state index contributed by atoms with van der Waals surface area (Å²) in [5.74, 6) is 0.922. The SMILES string of the molecule is CCCC[C@H]1S/C(=N\N=C/c2cccs2)N(Cc2ccc(OC)cc2)C1=O. The molecule has 1 aromatic heterocycles. The predicted octanol–water partition coefficient (Wildman–Crippen LogP) is 4.78. The lowest BCUT2D eigenvalue weighted by Gasteiger charge is -2.16. The maximum absolute atomic E-state index is 12.9. The number of nitrogens with zero attached hydrogens (tertiary/aromatic N) is 3. The van der Waals surface area contributed by atoms with Gasteiger partial charge in [0.2, 0.25) is 5.91 Å². The average Bonchev–Trinajstić information content (AvgIpc) is 3.31. The molecule has 0 spiro atoms. The topological polar surface area (TPSA) is 54.3 Å². The Morgan fingerprint density at radius 1 is 1.26 bits per heavy atom. The molecule has 1 aliphatic heterocycles. The highest BCUT2D eigenvalue weighted by molar-refractivity contribution is 8.15. The lowest BCUT2D eigenvalue weighted by atomic mass is 10.1. The Bertz CT molecular complexity index is 801. The van der Waals surface area contributed by atoms with Gasteiger partial charge in [-0.15, -0.1) is 16.4 Å². The lowest BCUT2D eigenvalue weighted by molar-refractivity contribution is -0.126. The average molecular weight is 402 g/mol. The van der Waals surface area contributed by atoms with Crippen LogP contribution >= 0.6 is 23.1 Å². The molecule has 1 amide bonds. The van der Waals surface area contributed by atoms with Gasteiger partial charge in [-0.1, -0.05) is 49.7 Å². The van der Waals surface area contributed by atoms with Gasteiger partial charge in [0.15, 0.2) is 5.17 Å². The zero-order valence-electron chi connectivity index (χ0n) is 15.5. The van der Waals surface area contributed by atoms with E-state index in [2.05, 4.69) is 17.1 Å². The molecule has 0 saturated carbocycles. The summed E-state index contributed by atoms with van der Waals surface area (Å²) >= 11 is 3.13. The molecule has 1 aliphatic rings. The molecule has 7 heteroatoms. The highest BCUT2D eigenvalue weighted by Gasteiger charge is 2.37. The second-order valence-corrected chi connectivity index (χ2v) is 8.31. The van der Waals surface area contributed by atoms with Crippen molar-refractivity contribution >= 4 is 40.4 Å². The van der Waals surface area contributed by atoms with E-state index in [1.807, 2.05) is 41.8 Å². The second kappa shape index (κ2) is 9.71. The van der Waals surface area contributed by atoms with Crippen molar-refractivity contribution < 1.29 is 9.53 Å². The van der Waals surface area contributed by atoms with Crippen molar-refractivity contribution in [2.75, 3.05) is 7.11 Å². The van der Waals surface area contributed by atoms with E-state index in [1.54, 1.807) is 29.6 Å². The predicted molar refractivity (Wildman–Crippen MR) is 114 cm³/mol. The van der Waals surface area contributed by atoms with Crippen molar-refractivity contribution in [2.24, 2.45) is 10.2 Å². The van der Waals surface area contributed by atoms with E-state index < -0.39 is 0 Å². The Kier molecular flexibility index (Phi) is 7.06. The number of unbranched alkanes of at least 4 members (excludes halogenated alkanes) is 1. The third kappa shape index (κ3) is 5.20. The molecule has 0 radical (unpaired) electrons. The molecule has 142 valence electrons. The number of thioether (sulfide) groups is 1. The number of hydrogen-bond donors (Lipinski definition) is 0. The molecular weight excluding hydrogens is 378 g/mol. The number of rotatable bonds is 8. The monoisotopic (exact) mass is 401 g/mol. The fourth-order valence-electron chi connectivity index (χ4n) is 2.72. The van der Waals surface area contributed by atoms with Crippen molar-refractivity contribution in [2.45, 2.75) is 38.0 Å². The van der Waals surface area contributed by atoms with Gasteiger partial charge in [-0.2, -0.15) is 5.10 Å². The zero-order chi connectivity index (χ0) is 19.1. The highest BCUT2D eigenvalue weighted by Crippen LogP contribution is 2.32. The molecule has 1 atom stereocenters. The highest BCUT2D eigenvalue weighted by atomic mass is 32.2. The molecule has 0 bridgehead atoms. The Morgan fingerprint density at radius 3 is 2.74 bits per heavy atom. The molecule has 0 N–H and O–H groups in total. The van der Waals surface area contributed by atoms with Crippen molar-refractivity contribution in [3.63, 3.8) is 0 Å². The molecule has 2 heterocycles.